The van der Waals surface area contributed by atoms with Crippen LogP contribution in [0.15, 0.2) is 6.33 Å². The molecule has 0 spiro atoms. The lowest BCUT2D eigenvalue weighted by Gasteiger charge is -2.12. The molecule has 1 unspecified atom stereocenters. The SMILES string of the molecule is CC(C)Cn1ncnc1CC(C)CCN. The fraction of sp³-hybridized carbons (Fsp3) is 0.818. The predicted molar refractivity (Wildman–Crippen MR) is 61.4 cm³/mol. The van der Waals surface area contributed by atoms with E-state index in [-0.39, 0.29) is 0 Å². The van der Waals surface area contributed by atoms with E-state index >= 15 is 0 Å². The Hall–Kier alpha value is -0.900. The molecule has 0 aromatic carbocycles. The van der Waals surface area contributed by atoms with Crippen LogP contribution in [0.1, 0.15) is 33.0 Å². The van der Waals surface area contributed by atoms with E-state index in [1.165, 1.54) is 0 Å². The van der Waals surface area contributed by atoms with Gasteiger partial charge >= 0.3 is 0 Å². The summed E-state index contributed by atoms with van der Waals surface area (Å²) < 4.78 is 2.01. The van der Waals surface area contributed by atoms with Gasteiger partial charge in [0.05, 0.1) is 0 Å². The van der Waals surface area contributed by atoms with Crippen molar-refractivity contribution in [3.63, 3.8) is 0 Å². The first-order valence-electron chi connectivity index (χ1n) is 5.70. The third-order valence-corrected chi connectivity index (χ3v) is 2.42. The molecule has 0 saturated carbocycles. The van der Waals surface area contributed by atoms with E-state index < -0.39 is 0 Å². The van der Waals surface area contributed by atoms with Crippen molar-refractivity contribution < 1.29 is 0 Å². The summed E-state index contributed by atoms with van der Waals surface area (Å²) in [6.45, 7) is 8.29. The van der Waals surface area contributed by atoms with Gasteiger partial charge in [-0.2, -0.15) is 5.10 Å². The number of nitrogens with two attached hydrogens (primary N) is 1. The Morgan fingerprint density at radius 1 is 1.40 bits per heavy atom. The number of hydrogen-bond acceptors (Lipinski definition) is 3. The Balaban J connectivity index is 2.56. The first-order valence-corrected chi connectivity index (χ1v) is 5.70. The fourth-order valence-corrected chi connectivity index (χ4v) is 1.64. The van der Waals surface area contributed by atoms with Crippen molar-refractivity contribution in [3.8, 4) is 0 Å². The molecule has 1 aromatic rings. The summed E-state index contributed by atoms with van der Waals surface area (Å²) in [5.74, 6) is 2.28. The van der Waals surface area contributed by atoms with E-state index in [4.69, 9.17) is 5.73 Å². The van der Waals surface area contributed by atoms with Gasteiger partial charge in [0, 0.05) is 13.0 Å². The van der Waals surface area contributed by atoms with E-state index in [1.807, 2.05) is 4.68 Å². The fourth-order valence-electron chi connectivity index (χ4n) is 1.64. The Kier molecular flexibility index (Phi) is 4.75. The van der Waals surface area contributed by atoms with Crippen LogP contribution in [0.3, 0.4) is 0 Å². The van der Waals surface area contributed by atoms with Gasteiger partial charge in [0.15, 0.2) is 0 Å². The second-order valence-corrected chi connectivity index (χ2v) is 4.64. The Bertz CT molecular complexity index is 280. The zero-order valence-corrected chi connectivity index (χ0v) is 9.98. The Morgan fingerprint density at radius 3 is 2.73 bits per heavy atom. The molecule has 0 aliphatic carbocycles. The summed E-state index contributed by atoms with van der Waals surface area (Å²) in [6, 6.07) is 0. The van der Waals surface area contributed by atoms with Crippen LogP contribution < -0.4 is 5.73 Å². The average molecular weight is 210 g/mol. The van der Waals surface area contributed by atoms with Gasteiger partial charge in [-0.1, -0.05) is 20.8 Å². The van der Waals surface area contributed by atoms with E-state index in [9.17, 15) is 0 Å². The van der Waals surface area contributed by atoms with Crippen molar-refractivity contribution in [2.75, 3.05) is 6.54 Å². The summed E-state index contributed by atoms with van der Waals surface area (Å²) >= 11 is 0. The van der Waals surface area contributed by atoms with Crippen LogP contribution in [0.4, 0.5) is 0 Å². The van der Waals surface area contributed by atoms with Crippen molar-refractivity contribution in [3.05, 3.63) is 12.2 Å². The molecule has 0 bridgehead atoms. The van der Waals surface area contributed by atoms with Gasteiger partial charge in [-0.05, 0) is 24.8 Å². The summed E-state index contributed by atoms with van der Waals surface area (Å²) in [4.78, 5) is 4.30. The first kappa shape index (κ1) is 12.2. The molecule has 1 heterocycles. The molecule has 1 atom stereocenters. The molecule has 0 aliphatic heterocycles. The van der Waals surface area contributed by atoms with E-state index in [0.29, 0.717) is 11.8 Å². The highest BCUT2D eigenvalue weighted by atomic mass is 15.3. The second kappa shape index (κ2) is 5.85. The van der Waals surface area contributed by atoms with E-state index in [0.717, 1.165) is 31.8 Å². The highest BCUT2D eigenvalue weighted by molar-refractivity contribution is 4.86. The van der Waals surface area contributed by atoms with Crippen LogP contribution in [0.25, 0.3) is 0 Å². The summed E-state index contributed by atoms with van der Waals surface area (Å²) in [7, 11) is 0. The molecular formula is C11H22N4. The number of rotatable bonds is 6. The number of nitrogens with zero attached hydrogens (tertiary/aromatic N) is 3. The van der Waals surface area contributed by atoms with Crippen molar-refractivity contribution in [1.29, 1.82) is 0 Å². The Labute approximate surface area is 91.9 Å². The molecule has 0 saturated heterocycles. The number of aromatic nitrogens is 3. The highest BCUT2D eigenvalue weighted by Crippen LogP contribution is 2.10. The van der Waals surface area contributed by atoms with Crippen LogP contribution >= 0.6 is 0 Å². The monoisotopic (exact) mass is 210 g/mol. The molecule has 1 aromatic heterocycles. The first-order chi connectivity index (χ1) is 7.13. The zero-order valence-electron chi connectivity index (χ0n) is 9.98. The maximum absolute atomic E-state index is 5.53. The smallest absolute Gasteiger partial charge is 0.138 e. The topological polar surface area (TPSA) is 56.7 Å². The van der Waals surface area contributed by atoms with Crippen molar-refractivity contribution >= 4 is 0 Å². The minimum Gasteiger partial charge on any atom is -0.330 e. The van der Waals surface area contributed by atoms with Crippen molar-refractivity contribution in [2.45, 2.75) is 40.2 Å². The van der Waals surface area contributed by atoms with Crippen LogP contribution in [-0.2, 0) is 13.0 Å². The lowest BCUT2D eigenvalue weighted by Crippen LogP contribution is -2.14. The Morgan fingerprint density at radius 2 is 2.13 bits per heavy atom. The van der Waals surface area contributed by atoms with Gasteiger partial charge < -0.3 is 5.73 Å². The van der Waals surface area contributed by atoms with Gasteiger partial charge in [0.25, 0.3) is 0 Å². The molecule has 1 rings (SSSR count). The average Bonchev–Trinajstić information content (AvgIpc) is 2.52. The normalized spacial score (nSPS) is 13.4. The molecular weight excluding hydrogens is 188 g/mol. The van der Waals surface area contributed by atoms with Crippen molar-refractivity contribution in [2.24, 2.45) is 17.6 Å². The standard InChI is InChI=1S/C11H22N4/c1-9(2)7-15-11(13-8-14-15)6-10(3)4-5-12/h8-10H,4-7,12H2,1-3H3. The van der Waals surface area contributed by atoms with Crippen LogP contribution in [0, 0.1) is 11.8 Å². The van der Waals surface area contributed by atoms with Gasteiger partial charge in [-0.25, -0.2) is 9.67 Å². The van der Waals surface area contributed by atoms with Gasteiger partial charge in [0.1, 0.15) is 12.2 Å². The molecule has 15 heavy (non-hydrogen) atoms. The molecule has 2 N–H and O–H groups in total. The minimum atomic E-state index is 0.588. The number of hydrogen-bond donors (Lipinski definition) is 1. The van der Waals surface area contributed by atoms with Crippen LogP contribution in [0.2, 0.25) is 0 Å². The largest absolute Gasteiger partial charge is 0.330 e. The van der Waals surface area contributed by atoms with Gasteiger partial charge in [0.2, 0.25) is 0 Å². The summed E-state index contributed by atoms with van der Waals surface area (Å²) in [6.07, 6.45) is 3.67. The molecule has 0 fully saturated rings. The maximum Gasteiger partial charge on any atom is 0.138 e. The zero-order chi connectivity index (χ0) is 11.3. The molecule has 0 amide bonds. The van der Waals surface area contributed by atoms with Gasteiger partial charge in [-0.15, -0.1) is 0 Å². The van der Waals surface area contributed by atoms with Gasteiger partial charge in [-0.3, -0.25) is 0 Å². The summed E-state index contributed by atoms with van der Waals surface area (Å²) in [5.41, 5.74) is 5.53. The quantitative estimate of drug-likeness (QED) is 0.773. The minimum absolute atomic E-state index is 0.588. The molecule has 0 radical (unpaired) electrons. The second-order valence-electron chi connectivity index (χ2n) is 4.64. The lowest BCUT2D eigenvalue weighted by molar-refractivity contribution is 0.441. The molecule has 4 nitrogen and oxygen atoms in total. The molecule has 86 valence electrons. The third-order valence-electron chi connectivity index (χ3n) is 2.42. The molecule has 0 aliphatic rings. The third kappa shape index (κ3) is 4.00. The van der Waals surface area contributed by atoms with Crippen LogP contribution in [-0.4, -0.2) is 21.3 Å². The highest BCUT2D eigenvalue weighted by Gasteiger charge is 2.09. The maximum atomic E-state index is 5.53. The van der Waals surface area contributed by atoms with E-state index in [2.05, 4.69) is 30.9 Å². The van der Waals surface area contributed by atoms with Crippen molar-refractivity contribution in [1.82, 2.24) is 14.8 Å². The lowest BCUT2D eigenvalue weighted by atomic mass is 10.0. The molecule has 4 heteroatoms. The predicted octanol–water partition coefficient (Wildman–Crippen LogP) is 1.46. The van der Waals surface area contributed by atoms with Crippen LogP contribution in [0.5, 0.6) is 0 Å². The summed E-state index contributed by atoms with van der Waals surface area (Å²) in [5, 5.41) is 4.24. The van der Waals surface area contributed by atoms with E-state index in [1.54, 1.807) is 6.33 Å².